The molecule has 7 heteroatoms. The van der Waals surface area contributed by atoms with Crippen molar-refractivity contribution in [2.75, 3.05) is 5.32 Å². The van der Waals surface area contributed by atoms with Crippen molar-refractivity contribution in [1.82, 2.24) is 5.48 Å². The van der Waals surface area contributed by atoms with E-state index in [0.29, 0.717) is 10.6 Å². The Morgan fingerprint density at radius 2 is 1.88 bits per heavy atom. The molecule has 6 nitrogen and oxygen atoms in total. The van der Waals surface area contributed by atoms with Gasteiger partial charge in [0.05, 0.1) is 4.88 Å². The number of anilines is 1. The van der Waals surface area contributed by atoms with Crippen LogP contribution in [0.25, 0.3) is 10.1 Å². The van der Waals surface area contributed by atoms with Gasteiger partial charge in [0.1, 0.15) is 6.61 Å². The van der Waals surface area contributed by atoms with E-state index >= 15 is 0 Å². The van der Waals surface area contributed by atoms with Crippen LogP contribution < -0.4 is 10.8 Å². The number of hydrogen-bond donors (Lipinski definition) is 3. The Morgan fingerprint density at radius 1 is 1.08 bits per heavy atom. The quantitative estimate of drug-likeness (QED) is 0.497. The van der Waals surface area contributed by atoms with Gasteiger partial charge in [0.2, 0.25) is 0 Å². The van der Waals surface area contributed by atoms with E-state index in [-0.39, 0.29) is 6.61 Å². The summed E-state index contributed by atoms with van der Waals surface area (Å²) in [7, 11) is 0. The van der Waals surface area contributed by atoms with E-state index < -0.39 is 12.0 Å². The molecule has 2 amide bonds. The fraction of sp³-hybridized carbons (Fsp3) is 0.0588. The van der Waals surface area contributed by atoms with Crippen LogP contribution in [0.4, 0.5) is 10.5 Å². The Kier molecular flexibility index (Phi) is 4.74. The summed E-state index contributed by atoms with van der Waals surface area (Å²) in [6, 6.07) is 16.3. The molecule has 3 N–H and O–H groups in total. The number of hydrogen-bond acceptors (Lipinski definition) is 5. The molecule has 0 aliphatic heterocycles. The Morgan fingerprint density at radius 3 is 2.62 bits per heavy atom. The van der Waals surface area contributed by atoms with Crippen LogP contribution in [0.3, 0.4) is 0 Å². The van der Waals surface area contributed by atoms with Crippen LogP contribution in [0.2, 0.25) is 0 Å². The van der Waals surface area contributed by atoms with Crippen LogP contribution in [0.15, 0.2) is 54.6 Å². The van der Waals surface area contributed by atoms with Gasteiger partial charge in [0, 0.05) is 10.4 Å². The first-order chi connectivity index (χ1) is 11.7. The second kappa shape index (κ2) is 7.12. The van der Waals surface area contributed by atoms with E-state index in [4.69, 9.17) is 9.94 Å². The zero-order chi connectivity index (χ0) is 16.9. The molecule has 24 heavy (non-hydrogen) atoms. The Bertz CT molecular complexity index is 877. The van der Waals surface area contributed by atoms with Crippen molar-refractivity contribution in [2.24, 2.45) is 0 Å². The monoisotopic (exact) mass is 342 g/mol. The molecule has 0 fully saturated rings. The molecular weight excluding hydrogens is 328 g/mol. The van der Waals surface area contributed by atoms with Crippen molar-refractivity contribution in [3.05, 3.63) is 65.0 Å². The number of ether oxygens (including phenoxy) is 1. The fourth-order valence-electron chi connectivity index (χ4n) is 2.15. The minimum atomic E-state index is -0.562. The summed E-state index contributed by atoms with van der Waals surface area (Å²) in [6.45, 7) is 0.189. The number of rotatable bonds is 4. The first-order valence-corrected chi connectivity index (χ1v) is 7.93. The lowest BCUT2D eigenvalue weighted by molar-refractivity contribution is 0.0711. The van der Waals surface area contributed by atoms with Crippen molar-refractivity contribution < 1.29 is 19.5 Å². The molecule has 0 radical (unpaired) electrons. The number of fused-ring (bicyclic) bond motifs is 1. The summed E-state index contributed by atoms with van der Waals surface area (Å²) in [5.41, 5.74) is 3.07. The van der Waals surface area contributed by atoms with Gasteiger partial charge in [-0.25, -0.2) is 10.3 Å². The van der Waals surface area contributed by atoms with Gasteiger partial charge in [-0.3, -0.25) is 15.3 Å². The molecular formula is C17H14N2O4S. The van der Waals surface area contributed by atoms with Gasteiger partial charge in [-0.1, -0.05) is 36.4 Å². The zero-order valence-electron chi connectivity index (χ0n) is 12.5. The summed E-state index contributed by atoms with van der Waals surface area (Å²) < 4.78 is 5.98. The number of thiophene rings is 1. The molecule has 0 aliphatic rings. The number of hydroxylamine groups is 1. The van der Waals surface area contributed by atoms with Crippen molar-refractivity contribution >= 4 is 39.1 Å². The van der Waals surface area contributed by atoms with Crippen LogP contribution in [0.5, 0.6) is 0 Å². The fourth-order valence-corrected chi connectivity index (χ4v) is 3.14. The summed E-state index contributed by atoms with van der Waals surface area (Å²) in [6.07, 6.45) is -0.553. The number of amides is 2. The third-order valence-corrected chi connectivity index (χ3v) is 4.40. The van der Waals surface area contributed by atoms with Gasteiger partial charge >= 0.3 is 6.09 Å². The van der Waals surface area contributed by atoms with E-state index in [1.807, 2.05) is 30.3 Å². The van der Waals surface area contributed by atoms with E-state index in [2.05, 4.69) is 5.32 Å². The first kappa shape index (κ1) is 16.0. The molecule has 1 heterocycles. The lowest BCUT2D eigenvalue weighted by atomic mass is 10.2. The highest BCUT2D eigenvalue weighted by Gasteiger charge is 2.10. The van der Waals surface area contributed by atoms with Gasteiger partial charge in [0.25, 0.3) is 5.91 Å². The molecule has 0 saturated heterocycles. The normalized spacial score (nSPS) is 10.4. The Hall–Kier alpha value is -2.90. The van der Waals surface area contributed by atoms with Crippen molar-refractivity contribution in [1.29, 1.82) is 0 Å². The van der Waals surface area contributed by atoms with Gasteiger partial charge in [-0.2, -0.15) is 0 Å². The second-order valence-corrected chi connectivity index (χ2v) is 6.07. The average molecular weight is 342 g/mol. The smallest absolute Gasteiger partial charge is 0.411 e. The highest BCUT2D eigenvalue weighted by molar-refractivity contribution is 7.20. The van der Waals surface area contributed by atoms with Crippen LogP contribution in [0, 0.1) is 0 Å². The van der Waals surface area contributed by atoms with Crippen LogP contribution in [0.1, 0.15) is 15.2 Å². The van der Waals surface area contributed by atoms with Crippen molar-refractivity contribution in [3.8, 4) is 0 Å². The predicted octanol–water partition coefficient (Wildman–Crippen LogP) is 3.77. The SMILES string of the molecule is O=C(Nc1ccc2cc(C(=O)NO)sc2c1)OCc1ccccc1. The largest absolute Gasteiger partial charge is 0.444 e. The first-order valence-electron chi connectivity index (χ1n) is 7.11. The third-order valence-electron chi connectivity index (χ3n) is 3.30. The number of carbonyl (C=O) groups is 2. The highest BCUT2D eigenvalue weighted by atomic mass is 32.1. The Labute approximate surface area is 141 Å². The average Bonchev–Trinajstić information content (AvgIpc) is 3.03. The van der Waals surface area contributed by atoms with E-state index in [1.165, 1.54) is 11.3 Å². The van der Waals surface area contributed by atoms with E-state index in [0.717, 1.165) is 15.6 Å². The topological polar surface area (TPSA) is 87.7 Å². The summed E-state index contributed by atoms with van der Waals surface area (Å²) in [5.74, 6) is -0.562. The summed E-state index contributed by atoms with van der Waals surface area (Å²) >= 11 is 1.22. The molecule has 1 aromatic heterocycles. The minimum absolute atomic E-state index is 0.189. The van der Waals surface area contributed by atoms with Crippen molar-refractivity contribution in [3.63, 3.8) is 0 Å². The van der Waals surface area contributed by atoms with Gasteiger partial charge in [0.15, 0.2) is 0 Å². The molecule has 3 rings (SSSR count). The van der Waals surface area contributed by atoms with Crippen LogP contribution in [-0.2, 0) is 11.3 Å². The standard InChI is InChI=1S/C17H14N2O4S/c20-16(19-22)15-8-12-6-7-13(9-14(12)24-15)18-17(21)23-10-11-4-2-1-3-5-11/h1-9,22H,10H2,(H,18,21)(H,19,20). The zero-order valence-corrected chi connectivity index (χ0v) is 13.3. The van der Waals surface area contributed by atoms with Crippen LogP contribution in [-0.4, -0.2) is 17.2 Å². The molecule has 122 valence electrons. The maximum Gasteiger partial charge on any atom is 0.411 e. The highest BCUT2D eigenvalue weighted by Crippen LogP contribution is 2.28. The number of carbonyl (C=O) groups excluding carboxylic acids is 2. The predicted molar refractivity (Wildman–Crippen MR) is 91.3 cm³/mol. The molecule has 0 saturated carbocycles. The lowest BCUT2D eigenvalue weighted by Crippen LogP contribution is -2.16. The van der Waals surface area contributed by atoms with E-state index in [9.17, 15) is 9.59 Å². The molecule has 0 unspecified atom stereocenters. The van der Waals surface area contributed by atoms with E-state index in [1.54, 1.807) is 29.7 Å². The van der Waals surface area contributed by atoms with Gasteiger partial charge < -0.3 is 4.74 Å². The molecule has 0 bridgehead atoms. The third kappa shape index (κ3) is 3.70. The van der Waals surface area contributed by atoms with Crippen LogP contribution >= 0.6 is 11.3 Å². The molecule has 2 aromatic carbocycles. The summed E-state index contributed by atoms with van der Waals surface area (Å²) in [4.78, 5) is 23.7. The maximum absolute atomic E-state index is 11.9. The second-order valence-electron chi connectivity index (χ2n) is 4.99. The van der Waals surface area contributed by atoms with Gasteiger partial charge in [-0.15, -0.1) is 11.3 Å². The maximum atomic E-state index is 11.9. The summed E-state index contributed by atoms with van der Waals surface area (Å²) in [5, 5.41) is 12.2. The molecule has 0 aliphatic carbocycles. The van der Waals surface area contributed by atoms with Gasteiger partial charge in [-0.05, 0) is 29.1 Å². The molecule has 0 atom stereocenters. The minimum Gasteiger partial charge on any atom is -0.444 e. The molecule has 3 aromatic rings. The lowest BCUT2D eigenvalue weighted by Gasteiger charge is -2.07. The number of benzene rings is 2. The molecule has 0 spiro atoms. The number of nitrogens with one attached hydrogen (secondary N) is 2. The Balaban J connectivity index is 1.66. The van der Waals surface area contributed by atoms with Crippen molar-refractivity contribution in [2.45, 2.75) is 6.61 Å².